The zero-order valence-corrected chi connectivity index (χ0v) is 18.4. The largest absolute Gasteiger partial charge is 0.497 e. The van der Waals surface area contributed by atoms with E-state index in [1.54, 1.807) is 14.2 Å². The first-order valence-electron chi connectivity index (χ1n) is 10.7. The van der Waals surface area contributed by atoms with Gasteiger partial charge in [-0.1, -0.05) is 0 Å². The average molecular weight is 418 g/mol. The normalized spacial score (nSPS) is 13.6. The van der Waals surface area contributed by atoms with Gasteiger partial charge in [0.05, 0.1) is 19.8 Å². The molecule has 0 saturated heterocycles. The van der Waals surface area contributed by atoms with Gasteiger partial charge in [-0.05, 0) is 50.2 Å². The first kappa shape index (κ1) is 19.5. The van der Waals surface area contributed by atoms with Crippen LogP contribution in [0.15, 0.2) is 36.4 Å². The van der Waals surface area contributed by atoms with Crippen LogP contribution in [-0.2, 0) is 19.5 Å². The van der Waals surface area contributed by atoms with Crippen LogP contribution in [0.3, 0.4) is 0 Å². The van der Waals surface area contributed by atoms with Crippen LogP contribution in [0.5, 0.6) is 11.5 Å². The lowest BCUT2D eigenvalue weighted by molar-refractivity contribution is 0.0736. The van der Waals surface area contributed by atoms with Crippen molar-refractivity contribution < 1.29 is 14.3 Å². The molecule has 160 valence electrons. The van der Waals surface area contributed by atoms with Gasteiger partial charge in [0.1, 0.15) is 11.5 Å². The Balaban J connectivity index is 1.58. The van der Waals surface area contributed by atoms with E-state index in [0.717, 1.165) is 57.5 Å². The second-order valence-electron chi connectivity index (χ2n) is 8.06. The molecule has 1 aliphatic rings. The molecular formula is C25H27N3O3. The Kier molecular flexibility index (Phi) is 4.65. The fourth-order valence-electron chi connectivity index (χ4n) is 4.92. The number of rotatable bonds is 4. The maximum Gasteiger partial charge on any atom is 0.256 e. The van der Waals surface area contributed by atoms with Crippen molar-refractivity contribution in [3.8, 4) is 11.5 Å². The van der Waals surface area contributed by atoms with Crippen molar-refractivity contribution in [1.29, 1.82) is 0 Å². The number of amides is 1. The number of benzene rings is 2. The molecule has 1 aliphatic heterocycles. The van der Waals surface area contributed by atoms with E-state index in [1.807, 2.05) is 42.2 Å². The molecule has 0 aliphatic carbocycles. The summed E-state index contributed by atoms with van der Waals surface area (Å²) in [6.07, 6.45) is 0.812. The van der Waals surface area contributed by atoms with Crippen molar-refractivity contribution in [3.63, 3.8) is 0 Å². The molecule has 0 radical (unpaired) electrons. The Morgan fingerprint density at radius 1 is 1.06 bits per heavy atom. The summed E-state index contributed by atoms with van der Waals surface area (Å²) in [5.41, 5.74) is 6.32. The third kappa shape index (κ3) is 2.97. The molecule has 2 aromatic heterocycles. The molecule has 6 nitrogen and oxygen atoms in total. The van der Waals surface area contributed by atoms with Crippen LogP contribution in [0.1, 0.15) is 34.2 Å². The number of nitrogens with one attached hydrogen (secondary N) is 1. The van der Waals surface area contributed by atoms with Gasteiger partial charge in [-0.3, -0.25) is 4.79 Å². The Morgan fingerprint density at radius 3 is 2.48 bits per heavy atom. The number of hydrogen-bond donors (Lipinski definition) is 1. The van der Waals surface area contributed by atoms with Crippen molar-refractivity contribution in [3.05, 3.63) is 58.9 Å². The summed E-state index contributed by atoms with van der Waals surface area (Å²) in [7, 11) is 3.33. The van der Waals surface area contributed by atoms with Gasteiger partial charge in [0.15, 0.2) is 0 Å². The molecule has 0 bridgehead atoms. The number of ether oxygens (including phenoxy) is 2. The lowest BCUT2D eigenvalue weighted by Crippen LogP contribution is -2.36. The van der Waals surface area contributed by atoms with Gasteiger partial charge in [0, 0.05) is 64.8 Å². The molecule has 0 fully saturated rings. The number of methoxy groups -OCH3 is 2. The molecule has 4 aromatic rings. The molecular weight excluding hydrogens is 390 g/mol. The predicted molar refractivity (Wildman–Crippen MR) is 122 cm³/mol. The second kappa shape index (κ2) is 7.38. The topological polar surface area (TPSA) is 59.5 Å². The van der Waals surface area contributed by atoms with Crippen molar-refractivity contribution in [2.75, 3.05) is 20.8 Å². The Labute approximate surface area is 181 Å². The third-order valence-corrected chi connectivity index (χ3v) is 6.53. The zero-order valence-electron chi connectivity index (χ0n) is 18.4. The molecule has 31 heavy (non-hydrogen) atoms. The standard InChI is InChI=1S/C25H27N3O3/c1-5-28-15(2)24(19-13-17(31-4)7-9-23(19)28)25(29)27-11-10-22-20(14-27)18-12-16(30-3)6-8-21(18)26-22/h6-9,12-13,26H,5,10-11,14H2,1-4H3. The fourth-order valence-corrected chi connectivity index (χ4v) is 4.92. The minimum atomic E-state index is 0.0749. The maximum absolute atomic E-state index is 13.8. The van der Waals surface area contributed by atoms with E-state index < -0.39 is 0 Å². The summed E-state index contributed by atoms with van der Waals surface area (Å²) in [6.45, 7) is 6.24. The third-order valence-electron chi connectivity index (χ3n) is 6.53. The number of H-pyrrole nitrogens is 1. The van der Waals surface area contributed by atoms with E-state index in [1.165, 1.54) is 11.3 Å². The molecule has 0 atom stereocenters. The van der Waals surface area contributed by atoms with E-state index in [0.29, 0.717) is 13.1 Å². The molecule has 1 N–H and O–H groups in total. The number of aromatic nitrogens is 2. The number of nitrogens with zero attached hydrogens (tertiary/aromatic N) is 2. The lowest BCUT2D eigenvalue weighted by atomic mass is 10.0. The van der Waals surface area contributed by atoms with Gasteiger partial charge in [0.2, 0.25) is 0 Å². The number of carbonyl (C=O) groups is 1. The van der Waals surface area contributed by atoms with Crippen LogP contribution in [0.25, 0.3) is 21.8 Å². The van der Waals surface area contributed by atoms with Crippen molar-refractivity contribution >= 4 is 27.7 Å². The fraction of sp³-hybridized carbons (Fsp3) is 0.320. The van der Waals surface area contributed by atoms with Crippen LogP contribution < -0.4 is 9.47 Å². The molecule has 0 unspecified atom stereocenters. The number of aromatic amines is 1. The number of aryl methyl sites for hydroxylation is 1. The first-order chi connectivity index (χ1) is 15.0. The number of carbonyl (C=O) groups excluding carboxylic acids is 1. The zero-order chi connectivity index (χ0) is 21.7. The van der Waals surface area contributed by atoms with Crippen LogP contribution in [0.2, 0.25) is 0 Å². The highest BCUT2D eigenvalue weighted by Gasteiger charge is 2.29. The highest BCUT2D eigenvalue weighted by molar-refractivity contribution is 6.09. The summed E-state index contributed by atoms with van der Waals surface area (Å²) in [5, 5.41) is 2.08. The first-order valence-corrected chi connectivity index (χ1v) is 10.7. The van der Waals surface area contributed by atoms with Gasteiger partial charge in [-0.15, -0.1) is 0 Å². The van der Waals surface area contributed by atoms with Crippen molar-refractivity contribution in [1.82, 2.24) is 14.5 Å². The van der Waals surface area contributed by atoms with Gasteiger partial charge in [-0.2, -0.15) is 0 Å². The molecule has 3 heterocycles. The lowest BCUT2D eigenvalue weighted by Gasteiger charge is -2.27. The quantitative estimate of drug-likeness (QED) is 0.525. The van der Waals surface area contributed by atoms with Crippen LogP contribution in [0, 0.1) is 6.92 Å². The molecule has 1 amide bonds. The van der Waals surface area contributed by atoms with Gasteiger partial charge >= 0.3 is 0 Å². The van der Waals surface area contributed by atoms with Crippen LogP contribution in [-0.4, -0.2) is 41.1 Å². The highest BCUT2D eigenvalue weighted by Crippen LogP contribution is 2.34. The summed E-state index contributed by atoms with van der Waals surface area (Å²) < 4.78 is 13.1. The summed E-state index contributed by atoms with van der Waals surface area (Å²) in [4.78, 5) is 19.3. The molecule has 5 rings (SSSR count). The van der Waals surface area contributed by atoms with Gasteiger partial charge < -0.3 is 23.9 Å². The minimum absolute atomic E-state index is 0.0749. The predicted octanol–water partition coefficient (Wildman–Crippen LogP) is 4.67. The Bertz CT molecular complexity index is 1320. The minimum Gasteiger partial charge on any atom is -0.497 e. The summed E-state index contributed by atoms with van der Waals surface area (Å²) in [6, 6.07) is 12.0. The number of fused-ring (bicyclic) bond motifs is 4. The van der Waals surface area contributed by atoms with E-state index in [-0.39, 0.29) is 5.91 Å². The maximum atomic E-state index is 13.8. The Hall–Kier alpha value is -3.41. The monoisotopic (exact) mass is 417 g/mol. The molecule has 0 spiro atoms. The molecule has 2 aromatic carbocycles. The van der Waals surface area contributed by atoms with Crippen LogP contribution in [0.4, 0.5) is 0 Å². The average Bonchev–Trinajstić information content (AvgIpc) is 3.30. The van der Waals surface area contributed by atoms with E-state index in [9.17, 15) is 4.79 Å². The van der Waals surface area contributed by atoms with E-state index >= 15 is 0 Å². The van der Waals surface area contributed by atoms with Crippen LogP contribution >= 0.6 is 0 Å². The van der Waals surface area contributed by atoms with Crippen molar-refractivity contribution in [2.24, 2.45) is 0 Å². The molecule has 0 saturated carbocycles. The smallest absolute Gasteiger partial charge is 0.256 e. The van der Waals surface area contributed by atoms with E-state index in [2.05, 4.69) is 22.5 Å². The summed E-state index contributed by atoms with van der Waals surface area (Å²) in [5.74, 6) is 1.66. The van der Waals surface area contributed by atoms with E-state index in [4.69, 9.17) is 9.47 Å². The van der Waals surface area contributed by atoms with Crippen molar-refractivity contribution in [2.45, 2.75) is 33.4 Å². The van der Waals surface area contributed by atoms with Gasteiger partial charge in [-0.25, -0.2) is 0 Å². The second-order valence-corrected chi connectivity index (χ2v) is 8.06. The van der Waals surface area contributed by atoms with Gasteiger partial charge in [0.25, 0.3) is 5.91 Å². The highest BCUT2D eigenvalue weighted by atomic mass is 16.5. The Morgan fingerprint density at radius 2 is 1.77 bits per heavy atom. The number of hydrogen-bond acceptors (Lipinski definition) is 3. The summed E-state index contributed by atoms with van der Waals surface area (Å²) >= 11 is 0. The SMILES string of the molecule is CCn1c(C)c(C(=O)N2CCc3[nH]c4ccc(OC)cc4c3C2)c2cc(OC)ccc21. The molecule has 6 heteroatoms.